The van der Waals surface area contributed by atoms with E-state index in [-0.39, 0.29) is 23.9 Å². The Balaban J connectivity index is 1.94. The first-order valence-electron chi connectivity index (χ1n) is 7.80. The molecule has 0 aromatic heterocycles. The van der Waals surface area contributed by atoms with Crippen LogP contribution in [0.25, 0.3) is 0 Å². The fourth-order valence-corrected chi connectivity index (χ4v) is 2.13. The van der Waals surface area contributed by atoms with Crippen molar-refractivity contribution in [1.82, 2.24) is 0 Å². The van der Waals surface area contributed by atoms with Gasteiger partial charge in [0.25, 0.3) is 0 Å². The van der Waals surface area contributed by atoms with E-state index in [1.807, 2.05) is 6.92 Å². The lowest BCUT2D eigenvalue weighted by Crippen LogP contribution is -2.14. The maximum atomic E-state index is 12.1. The SMILES string of the molecule is CCOc1ccc(C(=O)COC(=O)c2cccc(NC(C)=O)c2)cc1. The van der Waals surface area contributed by atoms with Crippen molar-refractivity contribution >= 4 is 23.3 Å². The van der Waals surface area contributed by atoms with Crippen LogP contribution in [0.2, 0.25) is 0 Å². The number of carbonyl (C=O) groups is 3. The second kappa shape index (κ2) is 8.63. The van der Waals surface area contributed by atoms with Gasteiger partial charge in [0.1, 0.15) is 5.75 Å². The highest BCUT2D eigenvalue weighted by Crippen LogP contribution is 2.14. The van der Waals surface area contributed by atoms with Gasteiger partial charge in [-0.2, -0.15) is 0 Å². The molecule has 0 aliphatic carbocycles. The number of rotatable bonds is 7. The standard InChI is InChI=1S/C19H19NO5/c1-3-24-17-9-7-14(8-10-17)18(22)12-25-19(23)15-5-4-6-16(11-15)20-13(2)21/h4-11H,3,12H2,1-2H3,(H,20,21). The van der Waals surface area contributed by atoms with Crippen LogP contribution in [0.5, 0.6) is 5.75 Å². The van der Waals surface area contributed by atoms with Crippen LogP contribution in [0.4, 0.5) is 5.69 Å². The molecule has 0 aliphatic rings. The van der Waals surface area contributed by atoms with Crippen LogP contribution in [0.15, 0.2) is 48.5 Å². The Morgan fingerprint density at radius 1 is 1.00 bits per heavy atom. The van der Waals surface area contributed by atoms with Gasteiger partial charge in [-0.25, -0.2) is 4.79 Å². The Morgan fingerprint density at radius 2 is 1.72 bits per heavy atom. The highest BCUT2D eigenvalue weighted by atomic mass is 16.5. The molecule has 6 nitrogen and oxygen atoms in total. The first kappa shape index (κ1) is 18.2. The molecule has 25 heavy (non-hydrogen) atoms. The minimum Gasteiger partial charge on any atom is -0.494 e. The van der Waals surface area contributed by atoms with Crippen molar-refractivity contribution in [1.29, 1.82) is 0 Å². The lowest BCUT2D eigenvalue weighted by molar-refractivity contribution is -0.114. The van der Waals surface area contributed by atoms with Crippen molar-refractivity contribution in [3.63, 3.8) is 0 Å². The van der Waals surface area contributed by atoms with Gasteiger partial charge in [-0.3, -0.25) is 9.59 Å². The van der Waals surface area contributed by atoms with Gasteiger partial charge in [0.2, 0.25) is 5.91 Å². The highest BCUT2D eigenvalue weighted by Gasteiger charge is 2.12. The molecule has 0 bridgehead atoms. The molecule has 1 amide bonds. The van der Waals surface area contributed by atoms with Gasteiger partial charge < -0.3 is 14.8 Å². The van der Waals surface area contributed by atoms with Gasteiger partial charge in [0.15, 0.2) is 12.4 Å². The zero-order valence-corrected chi connectivity index (χ0v) is 14.1. The summed E-state index contributed by atoms with van der Waals surface area (Å²) < 4.78 is 10.4. The van der Waals surface area contributed by atoms with E-state index in [2.05, 4.69) is 5.32 Å². The number of ketones is 1. The van der Waals surface area contributed by atoms with Crippen LogP contribution < -0.4 is 10.1 Å². The van der Waals surface area contributed by atoms with E-state index in [9.17, 15) is 14.4 Å². The van der Waals surface area contributed by atoms with Crippen LogP contribution in [0, 0.1) is 0 Å². The monoisotopic (exact) mass is 341 g/mol. The molecule has 0 heterocycles. The molecule has 0 fully saturated rings. The van der Waals surface area contributed by atoms with Gasteiger partial charge in [0.05, 0.1) is 12.2 Å². The molecule has 1 N–H and O–H groups in total. The fraction of sp³-hybridized carbons (Fsp3) is 0.211. The molecule has 0 unspecified atom stereocenters. The lowest BCUT2D eigenvalue weighted by atomic mass is 10.1. The van der Waals surface area contributed by atoms with Crippen LogP contribution in [0.1, 0.15) is 34.6 Å². The number of carbonyl (C=O) groups excluding carboxylic acids is 3. The van der Waals surface area contributed by atoms with Gasteiger partial charge in [-0.15, -0.1) is 0 Å². The van der Waals surface area contributed by atoms with Crippen LogP contribution in [0.3, 0.4) is 0 Å². The Bertz CT molecular complexity index is 768. The molecule has 6 heteroatoms. The summed E-state index contributed by atoms with van der Waals surface area (Å²) in [5.74, 6) is -0.511. The second-order valence-electron chi connectivity index (χ2n) is 5.22. The summed E-state index contributed by atoms with van der Waals surface area (Å²) in [5.41, 5.74) is 1.17. The molecule has 0 radical (unpaired) electrons. The number of nitrogens with one attached hydrogen (secondary N) is 1. The highest BCUT2D eigenvalue weighted by molar-refractivity contribution is 5.99. The van der Waals surface area contributed by atoms with E-state index < -0.39 is 5.97 Å². The van der Waals surface area contributed by atoms with E-state index in [1.165, 1.54) is 13.0 Å². The number of benzene rings is 2. The van der Waals surface area contributed by atoms with Crippen molar-refractivity contribution < 1.29 is 23.9 Å². The number of esters is 1. The summed E-state index contributed by atoms with van der Waals surface area (Å²) in [6, 6.07) is 12.9. The van der Waals surface area contributed by atoms with E-state index in [0.717, 1.165) is 0 Å². The predicted molar refractivity (Wildman–Crippen MR) is 93.0 cm³/mol. The zero-order chi connectivity index (χ0) is 18.2. The van der Waals surface area contributed by atoms with Crippen molar-refractivity contribution in [3.8, 4) is 5.75 Å². The van der Waals surface area contributed by atoms with Crippen molar-refractivity contribution in [2.24, 2.45) is 0 Å². The number of hydrogen-bond acceptors (Lipinski definition) is 5. The summed E-state index contributed by atoms with van der Waals surface area (Å²) in [4.78, 5) is 35.2. The van der Waals surface area contributed by atoms with Crippen molar-refractivity contribution in [2.75, 3.05) is 18.5 Å². The molecular weight excluding hydrogens is 322 g/mol. The summed E-state index contributed by atoms with van der Waals surface area (Å²) in [5, 5.41) is 2.58. The Hall–Kier alpha value is -3.15. The fourth-order valence-electron chi connectivity index (χ4n) is 2.13. The van der Waals surface area contributed by atoms with Crippen LogP contribution >= 0.6 is 0 Å². The first-order valence-corrected chi connectivity index (χ1v) is 7.80. The van der Waals surface area contributed by atoms with Crippen molar-refractivity contribution in [3.05, 3.63) is 59.7 Å². The van der Waals surface area contributed by atoms with E-state index in [4.69, 9.17) is 9.47 Å². The topological polar surface area (TPSA) is 81.7 Å². The van der Waals surface area contributed by atoms with Gasteiger partial charge in [-0.05, 0) is 49.4 Å². The molecule has 130 valence electrons. The van der Waals surface area contributed by atoms with E-state index in [1.54, 1.807) is 42.5 Å². The zero-order valence-electron chi connectivity index (χ0n) is 14.1. The third kappa shape index (κ3) is 5.46. The Morgan fingerprint density at radius 3 is 2.36 bits per heavy atom. The maximum absolute atomic E-state index is 12.1. The minimum atomic E-state index is -0.633. The third-order valence-electron chi connectivity index (χ3n) is 3.24. The summed E-state index contributed by atoms with van der Waals surface area (Å²) >= 11 is 0. The lowest BCUT2D eigenvalue weighted by Gasteiger charge is -2.07. The quantitative estimate of drug-likeness (QED) is 0.618. The second-order valence-corrected chi connectivity index (χ2v) is 5.22. The average Bonchev–Trinajstić information content (AvgIpc) is 2.60. The molecule has 2 aromatic rings. The number of anilines is 1. The number of amides is 1. The average molecular weight is 341 g/mol. The smallest absolute Gasteiger partial charge is 0.338 e. The number of hydrogen-bond donors (Lipinski definition) is 1. The molecule has 0 saturated heterocycles. The minimum absolute atomic E-state index is 0.240. The Kier molecular flexibility index (Phi) is 6.28. The third-order valence-corrected chi connectivity index (χ3v) is 3.24. The maximum Gasteiger partial charge on any atom is 0.338 e. The number of Topliss-reactive ketones (excluding diaryl/α,β-unsaturated/α-hetero) is 1. The van der Waals surface area contributed by atoms with E-state index in [0.29, 0.717) is 23.6 Å². The predicted octanol–water partition coefficient (Wildman–Crippen LogP) is 3.08. The largest absolute Gasteiger partial charge is 0.494 e. The summed E-state index contributed by atoms with van der Waals surface area (Å²) in [7, 11) is 0. The number of ether oxygens (including phenoxy) is 2. The van der Waals surface area contributed by atoms with Crippen LogP contribution in [-0.2, 0) is 9.53 Å². The normalized spacial score (nSPS) is 10.0. The van der Waals surface area contributed by atoms with Gasteiger partial charge in [0, 0.05) is 18.2 Å². The summed E-state index contributed by atoms with van der Waals surface area (Å²) in [6.45, 7) is 3.43. The van der Waals surface area contributed by atoms with Crippen LogP contribution in [-0.4, -0.2) is 30.9 Å². The molecule has 0 aliphatic heterocycles. The molecule has 0 saturated carbocycles. The molecule has 0 atom stereocenters. The van der Waals surface area contributed by atoms with Gasteiger partial charge >= 0.3 is 5.97 Å². The van der Waals surface area contributed by atoms with Crippen molar-refractivity contribution in [2.45, 2.75) is 13.8 Å². The van der Waals surface area contributed by atoms with E-state index >= 15 is 0 Å². The van der Waals surface area contributed by atoms with Gasteiger partial charge in [-0.1, -0.05) is 6.07 Å². The molecule has 0 spiro atoms. The Labute approximate surface area is 145 Å². The summed E-state index contributed by atoms with van der Waals surface area (Å²) in [6.07, 6.45) is 0. The molecular formula is C19H19NO5. The molecule has 2 rings (SSSR count). The first-order chi connectivity index (χ1) is 12.0. The molecule has 2 aromatic carbocycles.